The van der Waals surface area contributed by atoms with Gasteiger partial charge >= 0.3 is 0 Å². The summed E-state index contributed by atoms with van der Waals surface area (Å²) in [5.74, 6) is 0.0780. The van der Waals surface area contributed by atoms with Crippen molar-refractivity contribution in [3.8, 4) is 0 Å². The molecule has 0 unspecified atom stereocenters. The lowest BCUT2D eigenvalue weighted by Gasteiger charge is -2.17. The zero-order valence-corrected chi connectivity index (χ0v) is 14.3. The van der Waals surface area contributed by atoms with E-state index in [1.165, 1.54) is 28.6 Å². The van der Waals surface area contributed by atoms with Gasteiger partial charge in [-0.2, -0.15) is 4.31 Å². The van der Waals surface area contributed by atoms with Crippen LogP contribution in [0.2, 0.25) is 0 Å². The van der Waals surface area contributed by atoms with Gasteiger partial charge in [0.15, 0.2) is 0 Å². The molecule has 1 heterocycles. The molecule has 0 radical (unpaired) electrons. The molecule has 1 aliphatic heterocycles. The first kappa shape index (κ1) is 17.5. The summed E-state index contributed by atoms with van der Waals surface area (Å²) in [5.41, 5.74) is 6.79. The molecule has 3 rings (SSSR count). The Morgan fingerprint density at radius 2 is 1.72 bits per heavy atom. The van der Waals surface area contributed by atoms with Crippen LogP contribution in [0.5, 0.6) is 0 Å². The van der Waals surface area contributed by atoms with Gasteiger partial charge in [-0.05, 0) is 30.2 Å². The molecule has 2 aromatic carbocycles. The lowest BCUT2D eigenvalue weighted by molar-refractivity contribution is -0.384. The second kappa shape index (κ2) is 6.91. The van der Waals surface area contributed by atoms with E-state index in [-0.39, 0.29) is 22.4 Å². The first-order valence-electron chi connectivity index (χ1n) is 7.93. The summed E-state index contributed by atoms with van der Waals surface area (Å²) < 4.78 is 27.2. The maximum Gasteiger partial charge on any atom is 0.269 e. The summed E-state index contributed by atoms with van der Waals surface area (Å²) in [6.07, 6.45) is 0. The number of non-ortho nitro benzene ring substituents is 1. The molecule has 1 fully saturated rings. The Morgan fingerprint density at radius 3 is 2.28 bits per heavy atom. The molecule has 0 spiro atoms. The molecular formula is C17H19N3O4S. The normalized spacial score (nSPS) is 21.3. The molecule has 0 amide bonds. The fourth-order valence-electron chi connectivity index (χ4n) is 3.23. The summed E-state index contributed by atoms with van der Waals surface area (Å²) in [4.78, 5) is 10.2. The SMILES string of the molecule is NC[C@@H]1CN(S(=O)(=O)c2ccc([N+](=O)[O-])cc2)C[C@H]1c1ccccc1. The molecule has 2 atom stereocenters. The quantitative estimate of drug-likeness (QED) is 0.647. The van der Waals surface area contributed by atoms with Crippen LogP contribution < -0.4 is 5.73 Å². The number of nitro benzene ring substituents is 1. The van der Waals surface area contributed by atoms with E-state index in [0.717, 1.165) is 5.56 Å². The van der Waals surface area contributed by atoms with Crippen LogP contribution in [0, 0.1) is 16.0 Å². The van der Waals surface area contributed by atoms with Crippen LogP contribution in [-0.2, 0) is 10.0 Å². The monoisotopic (exact) mass is 361 g/mol. The van der Waals surface area contributed by atoms with Crippen molar-refractivity contribution in [3.63, 3.8) is 0 Å². The number of hydrogen-bond acceptors (Lipinski definition) is 5. The van der Waals surface area contributed by atoms with Crippen molar-refractivity contribution in [2.24, 2.45) is 11.7 Å². The topological polar surface area (TPSA) is 107 Å². The van der Waals surface area contributed by atoms with Gasteiger partial charge in [-0.25, -0.2) is 8.42 Å². The second-order valence-electron chi connectivity index (χ2n) is 6.09. The van der Waals surface area contributed by atoms with Gasteiger partial charge in [0.25, 0.3) is 5.69 Å². The minimum absolute atomic E-state index is 0.0372. The molecule has 25 heavy (non-hydrogen) atoms. The van der Waals surface area contributed by atoms with E-state index >= 15 is 0 Å². The lowest BCUT2D eigenvalue weighted by Crippen LogP contribution is -2.30. The highest BCUT2D eigenvalue weighted by Crippen LogP contribution is 2.35. The van der Waals surface area contributed by atoms with Gasteiger partial charge < -0.3 is 5.73 Å². The van der Waals surface area contributed by atoms with Crippen LogP contribution in [0.15, 0.2) is 59.5 Å². The van der Waals surface area contributed by atoms with Gasteiger partial charge in [0, 0.05) is 31.1 Å². The molecule has 1 saturated heterocycles. The van der Waals surface area contributed by atoms with Gasteiger partial charge in [0.05, 0.1) is 9.82 Å². The Balaban J connectivity index is 1.87. The fourth-order valence-corrected chi connectivity index (χ4v) is 4.76. The van der Waals surface area contributed by atoms with E-state index in [9.17, 15) is 18.5 Å². The number of nitrogens with two attached hydrogens (primary N) is 1. The van der Waals surface area contributed by atoms with Crippen LogP contribution >= 0.6 is 0 Å². The Morgan fingerprint density at radius 1 is 1.08 bits per heavy atom. The van der Waals surface area contributed by atoms with Crippen LogP contribution in [-0.4, -0.2) is 37.3 Å². The average Bonchev–Trinajstić information content (AvgIpc) is 3.08. The Labute approximate surface area is 146 Å². The predicted octanol–water partition coefficient (Wildman–Crippen LogP) is 1.96. The smallest absolute Gasteiger partial charge is 0.269 e. The Hall–Kier alpha value is -2.29. The summed E-state index contributed by atoms with van der Waals surface area (Å²) >= 11 is 0. The first-order valence-corrected chi connectivity index (χ1v) is 9.37. The number of benzene rings is 2. The van der Waals surface area contributed by atoms with Gasteiger partial charge in [-0.3, -0.25) is 10.1 Å². The third-order valence-corrected chi connectivity index (χ3v) is 6.47. The van der Waals surface area contributed by atoms with E-state index in [1.54, 1.807) is 0 Å². The van der Waals surface area contributed by atoms with Crippen LogP contribution in [0.4, 0.5) is 5.69 Å². The molecule has 2 aromatic rings. The van der Waals surface area contributed by atoms with Crippen LogP contribution in [0.25, 0.3) is 0 Å². The number of nitro groups is 1. The minimum atomic E-state index is -3.71. The van der Waals surface area contributed by atoms with Crippen molar-refractivity contribution in [2.75, 3.05) is 19.6 Å². The summed E-state index contributed by atoms with van der Waals surface area (Å²) in [6.45, 7) is 1.09. The number of hydrogen-bond donors (Lipinski definition) is 1. The molecule has 7 nitrogen and oxygen atoms in total. The molecule has 8 heteroatoms. The van der Waals surface area contributed by atoms with E-state index in [0.29, 0.717) is 19.6 Å². The largest absolute Gasteiger partial charge is 0.330 e. The van der Waals surface area contributed by atoms with Gasteiger partial charge in [-0.15, -0.1) is 0 Å². The predicted molar refractivity (Wildman–Crippen MR) is 93.6 cm³/mol. The Bertz CT molecular complexity index is 853. The van der Waals surface area contributed by atoms with Crippen molar-refractivity contribution in [1.82, 2.24) is 4.31 Å². The van der Waals surface area contributed by atoms with Gasteiger partial charge in [0.1, 0.15) is 0 Å². The van der Waals surface area contributed by atoms with Crippen LogP contribution in [0.3, 0.4) is 0 Å². The molecule has 132 valence electrons. The lowest BCUT2D eigenvalue weighted by atomic mass is 9.89. The summed E-state index contributed by atoms with van der Waals surface area (Å²) in [6, 6.07) is 14.7. The minimum Gasteiger partial charge on any atom is -0.330 e. The summed E-state index contributed by atoms with van der Waals surface area (Å²) in [7, 11) is -3.71. The highest BCUT2D eigenvalue weighted by atomic mass is 32.2. The molecule has 0 saturated carbocycles. The molecule has 2 N–H and O–H groups in total. The maximum atomic E-state index is 12.9. The van der Waals surface area contributed by atoms with E-state index < -0.39 is 14.9 Å². The fraction of sp³-hybridized carbons (Fsp3) is 0.294. The molecule has 1 aliphatic rings. The molecule has 0 bridgehead atoms. The maximum absolute atomic E-state index is 12.9. The van der Waals surface area contributed by atoms with Crippen molar-refractivity contribution in [3.05, 3.63) is 70.3 Å². The molecular weight excluding hydrogens is 342 g/mol. The second-order valence-corrected chi connectivity index (χ2v) is 8.02. The van der Waals surface area contributed by atoms with E-state index in [1.807, 2.05) is 30.3 Å². The highest BCUT2D eigenvalue weighted by molar-refractivity contribution is 7.89. The summed E-state index contributed by atoms with van der Waals surface area (Å²) in [5, 5.41) is 10.7. The zero-order chi connectivity index (χ0) is 18.0. The van der Waals surface area contributed by atoms with E-state index in [2.05, 4.69) is 0 Å². The van der Waals surface area contributed by atoms with E-state index in [4.69, 9.17) is 5.73 Å². The van der Waals surface area contributed by atoms with Crippen LogP contribution in [0.1, 0.15) is 11.5 Å². The van der Waals surface area contributed by atoms with Crippen molar-refractivity contribution in [2.45, 2.75) is 10.8 Å². The van der Waals surface area contributed by atoms with Crippen molar-refractivity contribution in [1.29, 1.82) is 0 Å². The molecule has 0 aliphatic carbocycles. The van der Waals surface area contributed by atoms with Crippen molar-refractivity contribution < 1.29 is 13.3 Å². The standard InChI is InChI=1S/C17H19N3O4S/c18-10-14-11-19(12-17(14)13-4-2-1-3-5-13)25(23,24)16-8-6-15(7-9-16)20(21)22/h1-9,14,17H,10-12,18H2/t14-,17+/m1/s1. The highest BCUT2D eigenvalue weighted by Gasteiger charge is 2.39. The van der Waals surface area contributed by atoms with Crippen molar-refractivity contribution >= 4 is 15.7 Å². The zero-order valence-electron chi connectivity index (χ0n) is 13.5. The van der Waals surface area contributed by atoms with Gasteiger partial charge in [-0.1, -0.05) is 30.3 Å². The average molecular weight is 361 g/mol. The number of nitrogens with zero attached hydrogens (tertiary/aromatic N) is 2. The third-order valence-electron chi connectivity index (χ3n) is 4.62. The molecule has 0 aromatic heterocycles. The van der Waals surface area contributed by atoms with Gasteiger partial charge in [0.2, 0.25) is 10.0 Å². The number of sulfonamides is 1. The third kappa shape index (κ3) is 3.41. The number of rotatable bonds is 5. The Kier molecular flexibility index (Phi) is 4.85. The first-order chi connectivity index (χ1) is 11.9.